The van der Waals surface area contributed by atoms with E-state index in [2.05, 4.69) is 10.3 Å². The molecule has 1 N–H and O–H groups in total. The number of carbonyl (C=O) groups excluding carboxylic acids is 2. The van der Waals surface area contributed by atoms with Crippen molar-refractivity contribution in [1.82, 2.24) is 14.6 Å². The van der Waals surface area contributed by atoms with E-state index >= 15 is 4.39 Å². The number of nitrogens with one attached hydrogen (secondary N) is 1. The number of hydroxylamine groups is 2. The summed E-state index contributed by atoms with van der Waals surface area (Å²) in [5.74, 6) is -1.36. The van der Waals surface area contributed by atoms with Crippen molar-refractivity contribution < 1.29 is 36.7 Å². The Balaban J connectivity index is 1.57. The van der Waals surface area contributed by atoms with Crippen LogP contribution in [0.5, 0.6) is 11.5 Å². The summed E-state index contributed by atoms with van der Waals surface area (Å²) in [7, 11) is 2.72. The van der Waals surface area contributed by atoms with Crippen LogP contribution in [0.3, 0.4) is 0 Å². The summed E-state index contributed by atoms with van der Waals surface area (Å²) in [6, 6.07) is 10.2. The fourth-order valence-corrected chi connectivity index (χ4v) is 3.34. The number of hydrogen-bond donors (Lipinski definition) is 1. The topological polar surface area (TPSA) is 85.7 Å². The molecule has 186 valence electrons. The van der Waals surface area contributed by atoms with Crippen LogP contribution in [-0.2, 0) is 11.0 Å². The summed E-state index contributed by atoms with van der Waals surface area (Å²) in [6.45, 7) is 0. The lowest BCUT2D eigenvalue weighted by atomic mass is 10.2. The van der Waals surface area contributed by atoms with Crippen molar-refractivity contribution in [2.24, 2.45) is 0 Å². The van der Waals surface area contributed by atoms with E-state index in [1.54, 1.807) is 0 Å². The van der Waals surface area contributed by atoms with Gasteiger partial charge in [0.2, 0.25) is 0 Å². The minimum absolute atomic E-state index is 0.00996. The molecule has 0 radical (unpaired) electrons. The Morgan fingerprint density at radius 3 is 2.58 bits per heavy atom. The van der Waals surface area contributed by atoms with Gasteiger partial charge >= 0.3 is 12.2 Å². The summed E-state index contributed by atoms with van der Waals surface area (Å²) in [4.78, 5) is 33.7. The predicted molar refractivity (Wildman–Crippen MR) is 121 cm³/mol. The molecule has 0 fully saturated rings. The van der Waals surface area contributed by atoms with Crippen molar-refractivity contribution in [1.29, 1.82) is 0 Å². The van der Waals surface area contributed by atoms with E-state index in [0.717, 1.165) is 21.8 Å². The van der Waals surface area contributed by atoms with Crippen LogP contribution in [0.1, 0.15) is 16.1 Å². The van der Waals surface area contributed by atoms with Crippen LogP contribution in [0.4, 0.5) is 28.0 Å². The molecule has 0 aliphatic rings. The molecular formula is C24H18F4N4O4. The highest BCUT2D eigenvalue weighted by atomic mass is 19.4. The molecule has 0 unspecified atom stereocenters. The Hall–Kier alpha value is -4.45. The highest BCUT2D eigenvalue weighted by Crippen LogP contribution is 2.32. The van der Waals surface area contributed by atoms with Crippen molar-refractivity contribution in [3.63, 3.8) is 0 Å². The number of halogens is 4. The summed E-state index contributed by atoms with van der Waals surface area (Å²) < 4.78 is 60.6. The fraction of sp³-hybridized carbons (Fsp3) is 0.125. The Labute approximate surface area is 201 Å². The second-order valence-electron chi connectivity index (χ2n) is 7.47. The van der Waals surface area contributed by atoms with Crippen LogP contribution < -0.4 is 10.1 Å². The molecule has 2 aromatic heterocycles. The quantitative estimate of drug-likeness (QED) is 0.280. The molecule has 0 bridgehead atoms. The number of amides is 2. The number of hydrogen-bond acceptors (Lipinski definition) is 5. The standard InChI is InChI=1S/C24H18F4N4O4/c1-31(35-2)22(33)18-13-16(8-10-29-18)36-20-7-6-19-17(21(20)25)9-11-32(19)23(34)30-15-5-3-4-14(12-15)24(26,27)28/h3-13H,1-2H3,(H,30,34). The molecule has 12 heteroatoms. The van der Waals surface area contributed by atoms with Gasteiger partial charge in [-0.2, -0.15) is 13.2 Å². The summed E-state index contributed by atoms with van der Waals surface area (Å²) in [6.07, 6.45) is -1.97. The summed E-state index contributed by atoms with van der Waals surface area (Å²) >= 11 is 0. The average molecular weight is 502 g/mol. The number of fused-ring (bicyclic) bond motifs is 1. The smallest absolute Gasteiger partial charge is 0.416 e. The van der Waals surface area contributed by atoms with Crippen molar-refractivity contribution >= 4 is 28.5 Å². The lowest BCUT2D eigenvalue weighted by molar-refractivity contribution is -0.137. The molecule has 2 aromatic carbocycles. The van der Waals surface area contributed by atoms with Gasteiger partial charge in [0.25, 0.3) is 5.91 Å². The minimum Gasteiger partial charge on any atom is -0.454 e. The van der Waals surface area contributed by atoms with Crippen LogP contribution in [0.2, 0.25) is 0 Å². The van der Waals surface area contributed by atoms with Crippen LogP contribution in [-0.4, -0.2) is 40.7 Å². The van der Waals surface area contributed by atoms with Gasteiger partial charge in [0, 0.05) is 36.6 Å². The molecule has 4 aromatic rings. The van der Waals surface area contributed by atoms with Crippen molar-refractivity contribution in [3.05, 3.63) is 84.1 Å². The number of rotatable bonds is 5. The van der Waals surface area contributed by atoms with Crippen LogP contribution >= 0.6 is 0 Å². The average Bonchev–Trinajstić information content (AvgIpc) is 3.30. The Morgan fingerprint density at radius 1 is 1.08 bits per heavy atom. The lowest BCUT2D eigenvalue weighted by Crippen LogP contribution is -2.26. The SMILES string of the molecule is CON(C)C(=O)c1cc(Oc2ccc3c(ccn3C(=O)Nc3cccc(C(F)(F)F)c3)c2F)ccn1. The van der Waals surface area contributed by atoms with E-state index in [9.17, 15) is 22.8 Å². The van der Waals surface area contributed by atoms with E-state index in [4.69, 9.17) is 9.57 Å². The van der Waals surface area contributed by atoms with Gasteiger partial charge in [0.05, 0.1) is 18.2 Å². The Bertz CT molecular complexity index is 1450. The maximum atomic E-state index is 15.2. The number of anilines is 1. The van der Waals surface area contributed by atoms with Crippen LogP contribution in [0.25, 0.3) is 10.9 Å². The predicted octanol–water partition coefficient (Wildman–Crippen LogP) is 5.70. The first-order chi connectivity index (χ1) is 17.1. The van der Waals surface area contributed by atoms with Gasteiger partial charge in [-0.25, -0.2) is 14.2 Å². The van der Waals surface area contributed by atoms with Gasteiger partial charge in [-0.1, -0.05) is 6.07 Å². The second kappa shape index (κ2) is 9.66. The number of carbonyl (C=O) groups is 2. The van der Waals surface area contributed by atoms with Gasteiger partial charge in [-0.15, -0.1) is 0 Å². The third-order valence-electron chi connectivity index (χ3n) is 5.17. The molecule has 4 rings (SSSR count). The molecule has 0 aliphatic carbocycles. The van der Waals surface area contributed by atoms with Gasteiger partial charge < -0.3 is 10.1 Å². The minimum atomic E-state index is -4.57. The molecule has 0 saturated carbocycles. The first-order valence-electron chi connectivity index (χ1n) is 10.3. The number of alkyl halides is 3. The zero-order valence-corrected chi connectivity index (χ0v) is 18.8. The maximum Gasteiger partial charge on any atom is 0.416 e. The molecule has 0 aliphatic heterocycles. The van der Waals surface area contributed by atoms with E-state index in [1.807, 2.05) is 0 Å². The first kappa shape index (κ1) is 24.7. The summed E-state index contributed by atoms with van der Waals surface area (Å²) in [5, 5.41) is 3.37. The van der Waals surface area contributed by atoms with Crippen molar-refractivity contribution in [3.8, 4) is 11.5 Å². The largest absolute Gasteiger partial charge is 0.454 e. The van der Waals surface area contributed by atoms with E-state index in [0.29, 0.717) is 0 Å². The van der Waals surface area contributed by atoms with Crippen LogP contribution in [0, 0.1) is 5.82 Å². The lowest BCUT2D eigenvalue weighted by Gasteiger charge is -2.14. The number of aromatic nitrogens is 2. The van der Waals surface area contributed by atoms with Gasteiger partial charge in [0.1, 0.15) is 11.4 Å². The molecule has 2 amide bonds. The molecule has 0 saturated heterocycles. The molecule has 0 spiro atoms. The zero-order valence-electron chi connectivity index (χ0n) is 18.8. The van der Waals surface area contributed by atoms with Crippen LogP contribution in [0.15, 0.2) is 67.0 Å². The van der Waals surface area contributed by atoms with Gasteiger partial charge in [-0.3, -0.25) is 19.2 Å². The van der Waals surface area contributed by atoms with Gasteiger partial charge in [0.15, 0.2) is 11.6 Å². The van der Waals surface area contributed by atoms with E-state index in [-0.39, 0.29) is 33.8 Å². The monoisotopic (exact) mass is 502 g/mol. The molecular weight excluding hydrogens is 484 g/mol. The zero-order chi connectivity index (χ0) is 26.0. The fourth-order valence-electron chi connectivity index (χ4n) is 3.34. The summed E-state index contributed by atoms with van der Waals surface area (Å²) in [5.41, 5.74) is -0.813. The van der Waals surface area contributed by atoms with Gasteiger partial charge in [-0.05, 0) is 42.5 Å². The number of ether oxygens (including phenoxy) is 1. The molecule has 2 heterocycles. The number of nitrogens with zero attached hydrogens (tertiary/aromatic N) is 3. The Kier molecular flexibility index (Phi) is 6.62. The second-order valence-corrected chi connectivity index (χ2v) is 7.47. The highest BCUT2D eigenvalue weighted by Gasteiger charge is 2.30. The molecule has 0 atom stereocenters. The normalized spacial score (nSPS) is 11.4. The maximum absolute atomic E-state index is 15.2. The molecule has 36 heavy (non-hydrogen) atoms. The highest BCUT2D eigenvalue weighted by molar-refractivity contribution is 5.99. The third kappa shape index (κ3) is 4.98. The van der Waals surface area contributed by atoms with E-state index < -0.39 is 29.5 Å². The first-order valence-corrected chi connectivity index (χ1v) is 10.3. The molecule has 8 nitrogen and oxygen atoms in total. The Morgan fingerprint density at radius 2 is 1.86 bits per heavy atom. The van der Waals surface area contributed by atoms with Crippen molar-refractivity contribution in [2.45, 2.75) is 6.18 Å². The third-order valence-corrected chi connectivity index (χ3v) is 5.17. The number of benzene rings is 2. The number of pyridine rings is 1. The van der Waals surface area contributed by atoms with Crippen molar-refractivity contribution in [2.75, 3.05) is 19.5 Å². The van der Waals surface area contributed by atoms with E-state index in [1.165, 1.54) is 69.0 Å².